The predicted molar refractivity (Wildman–Crippen MR) is 89.4 cm³/mol. The summed E-state index contributed by atoms with van der Waals surface area (Å²) in [6.45, 7) is 5.92. The highest BCUT2D eigenvalue weighted by Gasteiger charge is 2.22. The smallest absolute Gasteiger partial charge is 0.319 e. The summed E-state index contributed by atoms with van der Waals surface area (Å²) in [6.07, 6.45) is 0. The number of aryl methyl sites for hydroxylation is 1. The first-order chi connectivity index (χ1) is 10.4. The van der Waals surface area contributed by atoms with E-state index in [0.29, 0.717) is 0 Å². The average molecular weight is 298 g/mol. The Morgan fingerprint density at radius 2 is 1.77 bits per heavy atom. The molecular formula is C18H22N2O2. The average Bonchev–Trinajstić information content (AvgIpc) is 2.46. The SMILES string of the molecule is COc1ccc(C(C)(C)NC(=O)Nc2cccc(C)c2)cc1. The molecule has 0 bridgehead atoms. The largest absolute Gasteiger partial charge is 0.497 e. The van der Waals surface area contributed by atoms with Crippen molar-refractivity contribution < 1.29 is 9.53 Å². The molecule has 0 radical (unpaired) electrons. The van der Waals surface area contributed by atoms with E-state index in [1.54, 1.807) is 7.11 Å². The van der Waals surface area contributed by atoms with Gasteiger partial charge in [-0.3, -0.25) is 0 Å². The summed E-state index contributed by atoms with van der Waals surface area (Å²) in [5.74, 6) is 0.795. The van der Waals surface area contributed by atoms with Gasteiger partial charge >= 0.3 is 6.03 Å². The van der Waals surface area contributed by atoms with Crippen molar-refractivity contribution in [1.82, 2.24) is 5.32 Å². The van der Waals surface area contributed by atoms with E-state index in [2.05, 4.69) is 10.6 Å². The highest BCUT2D eigenvalue weighted by Crippen LogP contribution is 2.23. The van der Waals surface area contributed by atoms with E-state index < -0.39 is 5.54 Å². The number of carbonyl (C=O) groups excluding carboxylic acids is 1. The number of amides is 2. The number of benzene rings is 2. The van der Waals surface area contributed by atoms with Gasteiger partial charge in [-0.25, -0.2) is 4.79 Å². The van der Waals surface area contributed by atoms with Crippen LogP contribution in [0.3, 0.4) is 0 Å². The van der Waals surface area contributed by atoms with Gasteiger partial charge in [0.15, 0.2) is 0 Å². The minimum absolute atomic E-state index is 0.230. The van der Waals surface area contributed by atoms with Crippen molar-refractivity contribution in [3.8, 4) is 5.75 Å². The molecule has 0 aliphatic rings. The molecule has 22 heavy (non-hydrogen) atoms. The van der Waals surface area contributed by atoms with Crippen LogP contribution in [0.5, 0.6) is 5.75 Å². The van der Waals surface area contributed by atoms with Gasteiger partial charge in [0.2, 0.25) is 0 Å². The van der Waals surface area contributed by atoms with Gasteiger partial charge in [-0.1, -0.05) is 24.3 Å². The van der Waals surface area contributed by atoms with Gasteiger partial charge in [0.25, 0.3) is 0 Å². The van der Waals surface area contributed by atoms with Crippen LogP contribution in [-0.4, -0.2) is 13.1 Å². The van der Waals surface area contributed by atoms with Crippen molar-refractivity contribution in [1.29, 1.82) is 0 Å². The Morgan fingerprint density at radius 3 is 2.36 bits per heavy atom. The number of rotatable bonds is 4. The molecule has 0 aliphatic heterocycles. The third-order valence-electron chi connectivity index (χ3n) is 3.51. The number of methoxy groups -OCH3 is 1. The molecule has 0 spiro atoms. The zero-order chi connectivity index (χ0) is 16.2. The van der Waals surface area contributed by atoms with E-state index in [0.717, 1.165) is 22.6 Å². The summed E-state index contributed by atoms with van der Waals surface area (Å²) in [6, 6.07) is 15.1. The normalized spacial score (nSPS) is 10.9. The third-order valence-corrected chi connectivity index (χ3v) is 3.51. The fourth-order valence-corrected chi connectivity index (χ4v) is 2.25. The summed E-state index contributed by atoms with van der Waals surface area (Å²) in [5, 5.41) is 5.84. The maximum Gasteiger partial charge on any atom is 0.319 e. The van der Waals surface area contributed by atoms with Crippen LogP contribution < -0.4 is 15.4 Å². The molecule has 4 nitrogen and oxygen atoms in total. The molecule has 0 saturated carbocycles. The molecule has 2 N–H and O–H groups in total. The topological polar surface area (TPSA) is 50.4 Å². The maximum atomic E-state index is 12.2. The van der Waals surface area contributed by atoms with Gasteiger partial charge in [-0.05, 0) is 56.2 Å². The molecule has 116 valence electrons. The minimum atomic E-state index is -0.486. The van der Waals surface area contributed by atoms with Crippen molar-refractivity contribution in [2.24, 2.45) is 0 Å². The quantitative estimate of drug-likeness (QED) is 0.894. The number of urea groups is 1. The van der Waals surface area contributed by atoms with Crippen molar-refractivity contribution in [2.75, 3.05) is 12.4 Å². The molecule has 0 atom stereocenters. The summed E-state index contributed by atoms with van der Waals surface area (Å²) in [5.41, 5.74) is 2.41. The molecule has 0 aliphatic carbocycles. The lowest BCUT2D eigenvalue weighted by molar-refractivity contribution is 0.242. The van der Waals surface area contributed by atoms with E-state index in [9.17, 15) is 4.79 Å². The Balaban J connectivity index is 2.05. The molecule has 0 fully saturated rings. The van der Waals surface area contributed by atoms with Gasteiger partial charge in [0.1, 0.15) is 5.75 Å². The molecule has 4 heteroatoms. The highest BCUT2D eigenvalue weighted by atomic mass is 16.5. The van der Waals surface area contributed by atoms with E-state index >= 15 is 0 Å². The van der Waals surface area contributed by atoms with Crippen molar-refractivity contribution in [3.05, 3.63) is 59.7 Å². The van der Waals surface area contributed by atoms with Crippen LogP contribution in [0.4, 0.5) is 10.5 Å². The zero-order valence-corrected chi connectivity index (χ0v) is 13.4. The molecule has 2 rings (SSSR count). The maximum absolute atomic E-state index is 12.2. The summed E-state index contributed by atoms with van der Waals surface area (Å²) in [7, 11) is 1.63. The lowest BCUT2D eigenvalue weighted by atomic mass is 9.94. The molecule has 0 saturated heterocycles. The lowest BCUT2D eigenvalue weighted by Gasteiger charge is -2.27. The van der Waals surface area contributed by atoms with Crippen LogP contribution in [0.25, 0.3) is 0 Å². The molecule has 2 aromatic rings. The minimum Gasteiger partial charge on any atom is -0.497 e. The van der Waals surface area contributed by atoms with Crippen LogP contribution in [-0.2, 0) is 5.54 Å². The highest BCUT2D eigenvalue weighted by molar-refractivity contribution is 5.89. The lowest BCUT2D eigenvalue weighted by Crippen LogP contribution is -2.43. The summed E-state index contributed by atoms with van der Waals surface area (Å²) in [4.78, 5) is 12.2. The van der Waals surface area contributed by atoms with Crippen molar-refractivity contribution in [3.63, 3.8) is 0 Å². The van der Waals surface area contributed by atoms with Crippen LogP contribution in [0.1, 0.15) is 25.0 Å². The molecular weight excluding hydrogens is 276 g/mol. The first kappa shape index (κ1) is 15.9. The zero-order valence-electron chi connectivity index (χ0n) is 13.4. The first-order valence-corrected chi connectivity index (χ1v) is 7.21. The predicted octanol–water partition coefficient (Wildman–Crippen LogP) is 4.06. The number of hydrogen-bond acceptors (Lipinski definition) is 2. The van der Waals surface area contributed by atoms with Gasteiger partial charge in [-0.2, -0.15) is 0 Å². The van der Waals surface area contributed by atoms with Crippen LogP contribution >= 0.6 is 0 Å². The van der Waals surface area contributed by atoms with Gasteiger partial charge < -0.3 is 15.4 Å². The second-order valence-corrected chi connectivity index (χ2v) is 5.80. The second-order valence-electron chi connectivity index (χ2n) is 5.80. The fourth-order valence-electron chi connectivity index (χ4n) is 2.25. The number of carbonyl (C=O) groups is 1. The monoisotopic (exact) mass is 298 g/mol. The Morgan fingerprint density at radius 1 is 1.09 bits per heavy atom. The molecule has 0 unspecified atom stereocenters. The number of ether oxygens (including phenoxy) is 1. The molecule has 2 amide bonds. The summed E-state index contributed by atoms with van der Waals surface area (Å²) >= 11 is 0. The van der Waals surface area contributed by atoms with Gasteiger partial charge in [0.05, 0.1) is 12.6 Å². The Bertz CT molecular complexity index is 648. The Labute approximate surface area is 131 Å². The Hall–Kier alpha value is -2.49. The first-order valence-electron chi connectivity index (χ1n) is 7.21. The van der Waals surface area contributed by atoms with Crippen molar-refractivity contribution >= 4 is 11.7 Å². The number of anilines is 1. The molecule has 2 aromatic carbocycles. The van der Waals surface area contributed by atoms with E-state index in [-0.39, 0.29) is 6.03 Å². The number of hydrogen-bond donors (Lipinski definition) is 2. The van der Waals surface area contributed by atoms with E-state index in [4.69, 9.17) is 4.74 Å². The van der Waals surface area contributed by atoms with Gasteiger partial charge in [0, 0.05) is 5.69 Å². The van der Waals surface area contributed by atoms with E-state index in [1.807, 2.05) is 69.3 Å². The Kier molecular flexibility index (Phi) is 4.71. The number of nitrogens with one attached hydrogen (secondary N) is 2. The second kappa shape index (κ2) is 6.52. The van der Waals surface area contributed by atoms with Gasteiger partial charge in [-0.15, -0.1) is 0 Å². The summed E-state index contributed by atoms with van der Waals surface area (Å²) < 4.78 is 5.15. The van der Waals surface area contributed by atoms with Crippen LogP contribution in [0, 0.1) is 6.92 Å². The van der Waals surface area contributed by atoms with Crippen molar-refractivity contribution in [2.45, 2.75) is 26.3 Å². The van der Waals surface area contributed by atoms with E-state index in [1.165, 1.54) is 0 Å². The third kappa shape index (κ3) is 4.01. The molecule has 0 heterocycles. The molecule has 0 aromatic heterocycles. The van der Waals surface area contributed by atoms with Crippen LogP contribution in [0.15, 0.2) is 48.5 Å². The fraction of sp³-hybridized carbons (Fsp3) is 0.278. The standard InChI is InChI=1S/C18H22N2O2/c1-13-6-5-7-15(12-13)19-17(21)20-18(2,3)14-8-10-16(22-4)11-9-14/h5-12H,1-4H3,(H2,19,20,21). The van der Waals surface area contributed by atoms with Crippen LogP contribution in [0.2, 0.25) is 0 Å².